The first-order chi connectivity index (χ1) is 14.9. The van der Waals surface area contributed by atoms with Gasteiger partial charge in [0.2, 0.25) is 11.8 Å². The number of hydrogen-bond donors (Lipinski definition) is 2. The highest BCUT2D eigenvalue weighted by Gasteiger charge is 2.23. The summed E-state index contributed by atoms with van der Waals surface area (Å²) >= 11 is 0. The number of methoxy groups -OCH3 is 1. The number of aryl methyl sites for hydroxylation is 2. The van der Waals surface area contributed by atoms with Gasteiger partial charge in [-0.05, 0) is 12.5 Å². The van der Waals surface area contributed by atoms with Crippen LogP contribution in [0.2, 0.25) is 0 Å². The number of benzene rings is 1. The number of likely N-dealkylation sites (N-methyl/N-ethyl adjacent to an activating group) is 1. The van der Waals surface area contributed by atoms with E-state index in [-0.39, 0.29) is 42.5 Å². The standard InChI is InChI=1S/C22H32N6O3.HI/c1-6-17-16(21(30-5)28(4)26-17)13-23-22(24-14-20(29)27(2)3)25-18-11-12-31-19-10-8-7-9-15(18)19;/h7-10,18H,6,11-14H2,1-5H3,(H2,23,24,25);1H. The van der Waals surface area contributed by atoms with Gasteiger partial charge in [-0.2, -0.15) is 5.10 Å². The first-order valence-corrected chi connectivity index (χ1v) is 10.5. The molecule has 0 saturated heterocycles. The number of fused-ring (bicyclic) bond motifs is 1. The van der Waals surface area contributed by atoms with E-state index in [0.29, 0.717) is 25.0 Å². The van der Waals surface area contributed by atoms with E-state index in [2.05, 4.69) is 22.7 Å². The predicted octanol–water partition coefficient (Wildman–Crippen LogP) is 2.26. The van der Waals surface area contributed by atoms with E-state index in [1.54, 1.807) is 30.8 Å². The van der Waals surface area contributed by atoms with E-state index in [0.717, 1.165) is 35.4 Å². The number of nitrogens with one attached hydrogen (secondary N) is 2. The summed E-state index contributed by atoms with van der Waals surface area (Å²) in [5.74, 6) is 2.10. The molecule has 0 radical (unpaired) electrons. The van der Waals surface area contributed by atoms with Crippen LogP contribution >= 0.6 is 24.0 Å². The van der Waals surface area contributed by atoms with E-state index >= 15 is 0 Å². The molecular weight excluding hydrogens is 523 g/mol. The molecule has 0 fully saturated rings. The molecule has 1 aliphatic rings. The molecule has 1 atom stereocenters. The summed E-state index contributed by atoms with van der Waals surface area (Å²) in [5, 5.41) is 11.2. The summed E-state index contributed by atoms with van der Waals surface area (Å²) in [4.78, 5) is 18.5. The van der Waals surface area contributed by atoms with Crippen molar-refractivity contribution in [1.29, 1.82) is 0 Å². The molecule has 0 aliphatic carbocycles. The lowest BCUT2D eigenvalue weighted by molar-refractivity contribution is -0.127. The first-order valence-electron chi connectivity index (χ1n) is 10.5. The molecule has 2 heterocycles. The fourth-order valence-electron chi connectivity index (χ4n) is 3.59. The number of carbonyl (C=O) groups is 1. The first kappa shape index (κ1) is 25.8. The summed E-state index contributed by atoms with van der Waals surface area (Å²) in [6, 6.07) is 8.01. The van der Waals surface area contributed by atoms with Crippen LogP contribution in [0, 0.1) is 0 Å². The van der Waals surface area contributed by atoms with Gasteiger partial charge in [0.1, 0.15) is 5.75 Å². The third-order valence-corrected chi connectivity index (χ3v) is 5.27. The van der Waals surface area contributed by atoms with Crippen LogP contribution in [0.25, 0.3) is 0 Å². The van der Waals surface area contributed by atoms with Gasteiger partial charge in [-0.15, -0.1) is 24.0 Å². The normalized spacial score (nSPS) is 15.2. The van der Waals surface area contributed by atoms with Crippen LogP contribution < -0.4 is 20.1 Å². The van der Waals surface area contributed by atoms with Crippen LogP contribution in [0.5, 0.6) is 11.6 Å². The van der Waals surface area contributed by atoms with Gasteiger partial charge in [-0.25, -0.2) is 9.67 Å². The summed E-state index contributed by atoms with van der Waals surface area (Å²) in [7, 11) is 6.96. The second kappa shape index (κ2) is 11.9. The number of carbonyl (C=O) groups excluding carboxylic acids is 1. The molecule has 1 aliphatic heterocycles. The molecule has 1 aromatic carbocycles. The molecule has 1 amide bonds. The number of aliphatic imine (C=N–C) groups is 1. The van der Waals surface area contributed by atoms with Crippen molar-refractivity contribution in [2.45, 2.75) is 32.4 Å². The maximum Gasteiger partial charge on any atom is 0.241 e. The van der Waals surface area contributed by atoms with Crippen LogP contribution in [0.15, 0.2) is 29.3 Å². The van der Waals surface area contributed by atoms with Gasteiger partial charge in [0, 0.05) is 33.1 Å². The van der Waals surface area contributed by atoms with Crippen molar-refractivity contribution < 1.29 is 14.3 Å². The van der Waals surface area contributed by atoms with E-state index in [1.807, 2.05) is 31.3 Å². The highest BCUT2D eigenvalue weighted by atomic mass is 127. The summed E-state index contributed by atoms with van der Waals surface area (Å²) in [5.41, 5.74) is 2.97. The molecule has 0 bridgehead atoms. The van der Waals surface area contributed by atoms with Gasteiger partial charge in [-0.1, -0.05) is 25.1 Å². The lowest BCUT2D eigenvalue weighted by Gasteiger charge is -2.28. The van der Waals surface area contributed by atoms with Crippen molar-refractivity contribution in [3.8, 4) is 11.6 Å². The smallest absolute Gasteiger partial charge is 0.241 e. The average molecular weight is 556 g/mol. The number of nitrogens with zero attached hydrogens (tertiary/aromatic N) is 4. The van der Waals surface area contributed by atoms with Gasteiger partial charge >= 0.3 is 0 Å². The minimum atomic E-state index is -0.0323. The summed E-state index contributed by atoms with van der Waals surface area (Å²) < 4.78 is 13.0. The molecule has 2 aromatic rings. The van der Waals surface area contributed by atoms with Crippen molar-refractivity contribution in [1.82, 2.24) is 25.3 Å². The SMILES string of the molecule is CCc1nn(C)c(OC)c1CN=C(NCC(=O)N(C)C)NC1CCOc2ccccc21.I. The van der Waals surface area contributed by atoms with E-state index in [4.69, 9.17) is 14.5 Å². The van der Waals surface area contributed by atoms with Crippen LogP contribution in [-0.2, 0) is 24.8 Å². The Morgan fingerprint density at radius 1 is 1.38 bits per heavy atom. The van der Waals surface area contributed by atoms with Crippen molar-refractivity contribution in [3.63, 3.8) is 0 Å². The number of ether oxygens (including phenoxy) is 2. The number of amides is 1. The Balaban J connectivity index is 0.00000363. The van der Waals surface area contributed by atoms with E-state index < -0.39 is 0 Å². The largest absolute Gasteiger partial charge is 0.493 e. The van der Waals surface area contributed by atoms with Crippen molar-refractivity contribution in [2.75, 3.05) is 34.4 Å². The van der Waals surface area contributed by atoms with E-state index in [1.165, 1.54) is 0 Å². The number of rotatable bonds is 7. The highest BCUT2D eigenvalue weighted by molar-refractivity contribution is 14.0. The number of halogens is 1. The maximum absolute atomic E-state index is 12.1. The lowest BCUT2D eigenvalue weighted by Crippen LogP contribution is -2.45. The van der Waals surface area contributed by atoms with Gasteiger partial charge in [0.15, 0.2) is 5.96 Å². The Morgan fingerprint density at radius 2 is 2.12 bits per heavy atom. The van der Waals surface area contributed by atoms with Crippen molar-refractivity contribution >= 4 is 35.8 Å². The summed E-state index contributed by atoms with van der Waals surface area (Å²) in [6.07, 6.45) is 1.58. The molecular formula is C22H33IN6O3. The fourth-order valence-corrected chi connectivity index (χ4v) is 3.59. The topological polar surface area (TPSA) is 93.0 Å². The minimum Gasteiger partial charge on any atom is -0.493 e. The zero-order valence-corrected chi connectivity index (χ0v) is 21.7. The van der Waals surface area contributed by atoms with Crippen LogP contribution in [0.1, 0.15) is 36.2 Å². The number of aromatic nitrogens is 2. The molecule has 0 saturated carbocycles. The molecule has 32 heavy (non-hydrogen) atoms. The van der Waals surface area contributed by atoms with Crippen LogP contribution in [-0.4, -0.2) is 60.9 Å². The number of hydrogen-bond acceptors (Lipinski definition) is 5. The number of para-hydroxylation sites is 1. The third kappa shape index (κ3) is 6.05. The van der Waals surface area contributed by atoms with Gasteiger partial charge in [0.05, 0.1) is 44.1 Å². The quantitative estimate of drug-likeness (QED) is 0.309. The monoisotopic (exact) mass is 556 g/mol. The fraction of sp³-hybridized carbons (Fsp3) is 0.500. The molecule has 10 heteroatoms. The summed E-state index contributed by atoms with van der Waals surface area (Å²) in [6.45, 7) is 3.21. The molecule has 1 unspecified atom stereocenters. The van der Waals surface area contributed by atoms with Crippen LogP contribution in [0.4, 0.5) is 0 Å². The molecule has 9 nitrogen and oxygen atoms in total. The molecule has 1 aromatic heterocycles. The zero-order chi connectivity index (χ0) is 22.4. The lowest BCUT2D eigenvalue weighted by atomic mass is 10.0. The predicted molar refractivity (Wildman–Crippen MR) is 135 cm³/mol. The number of guanidine groups is 1. The molecule has 2 N–H and O–H groups in total. The van der Waals surface area contributed by atoms with Crippen molar-refractivity contribution in [2.24, 2.45) is 12.0 Å². The third-order valence-electron chi connectivity index (χ3n) is 5.27. The Kier molecular flexibility index (Phi) is 9.60. The maximum atomic E-state index is 12.1. The molecule has 176 valence electrons. The Bertz CT molecular complexity index is 944. The zero-order valence-electron chi connectivity index (χ0n) is 19.3. The van der Waals surface area contributed by atoms with Gasteiger partial charge < -0.3 is 25.0 Å². The van der Waals surface area contributed by atoms with Crippen molar-refractivity contribution in [3.05, 3.63) is 41.1 Å². The minimum absolute atomic E-state index is 0. The van der Waals surface area contributed by atoms with Crippen LogP contribution in [0.3, 0.4) is 0 Å². The molecule has 3 rings (SSSR count). The average Bonchev–Trinajstić information content (AvgIpc) is 3.09. The van der Waals surface area contributed by atoms with E-state index in [9.17, 15) is 4.79 Å². The van der Waals surface area contributed by atoms with Gasteiger partial charge in [0.25, 0.3) is 0 Å². The van der Waals surface area contributed by atoms with Gasteiger partial charge in [-0.3, -0.25) is 4.79 Å². The Labute approximate surface area is 206 Å². The second-order valence-corrected chi connectivity index (χ2v) is 7.59. The second-order valence-electron chi connectivity index (χ2n) is 7.59. The molecule has 0 spiro atoms. The Morgan fingerprint density at radius 3 is 2.81 bits per heavy atom. The Hall–Kier alpha value is -2.50. The highest BCUT2D eigenvalue weighted by Crippen LogP contribution is 2.31.